The first-order valence-electron chi connectivity index (χ1n) is 9.91. The molecule has 0 radical (unpaired) electrons. The zero-order valence-electron chi connectivity index (χ0n) is 17.8. The van der Waals surface area contributed by atoms with E-state index in [4.69, 9.17) is 14.2 Å². The molecule has 1 amide bonds. The van der Waals surface area contributed by atoms with E-state index in [1.54, 1.807) is 14.0 Å². The van der Waals surface area contributed by atoms with Crippen molar-refractivity contribution in [2.75, 3.05) is 25.6 Å². The molecule has 1 saturated heterocycles. The highest BCUT2D eigenvalue weighted by molar-refractivity contribution is 5.85. The number of aliphatic hydroxyl groups excluding tert-OH is 2. The number of nitrogens with zero attached hydrogens (tertiary/aromatic N) is 2. The summed E-state index contributed by atoms with van der Waals surface area (Å²) < 4.78 is 17.1. The van der Waals surface area contributed by atoms with Crippen LogP contribution in [0.2, 0.25) is 0 Å². The SMILES string of the molecule is C=Cc1cn([C@@H]2O[C@H](C)C(O)C2O)c(=O)nc1NC(=O)OCC(CC)(CC)COC. The third kappa shape index (κ3) is 5.07. The summed E-state index contributed by atoms with van der Waals surface area (Å²) in [4.78, 5) is 28.6. The van der Waals surface area contributed by atoms with Crippen LogP contribution in [0.1, 0.15) is 45.4 Å². The molecular weight excluding hydrogens is 394 g/mol. The van der Waals surface area contributed by atoms with Gasteiger partial charge in [-0.2, -0.15) is 4.98 Å². The standard InChI is InChI=1S/C20H31N3O7/c1-6-13-9-23(17-15(25)14(24)12(4)30-17)18(26)21-16(13)22-19(27)29-11-20(7-2,8-3)10-28-5/h6,9,12,14-15,17,24-25H,1,7-8,10-11H2,2-5H3,(H,21,22,26,27)/t12-,14?,15?,17-/m1/s1. The molecule has 30 heavy (non-hydrogen) atoms. The van der Waals surface area contributed by atoms with Crippen molar-refractivity contribution >= 4 is 18.0 Å². The quantitative estimate of drug-likeness (QED) is 0.543. The minimum atomic E-state index is -1.29. The lowest BCUT2D eigenvalue weighted by Gasteiger charge is -2.30. The number of hydrogen-bond donors (Lipinski definition) is 3. The Morgan fingerprint density at radius 3 is 2.53 bits per heavy atom. The van der Waals surface area contributed by atoms with Crippen molar-refractivity contribution in [1.29, 1.82) is 0 Å². The summed E-state index contributed by atoms with van der Waals surface area (Å²) in [6.07, 6.45) is -0.650. The van der Waals surface area contributed by atoms with Gasteiger partial charge in [-0.25, -0.2) is 9.59 Å². The van der Waals surface area contributed by atoms with E-state index in [-0.39, 0.29) is 17.8 Å². The van der Waals surface area contributed by atoms with Crippen molar-refractivity contribution in [2.24, 2.45) is 5.41 Å². The molecule has 0 aliphatic carbocycles. The van der Waals surface area contributed by atoms with E-state index in [0.29, 0.717) is 12.2 Å². The Kier molecular flexibility index (Phi) is 8.13. The molecule has 4 atom stereocenters. The van der Waals surface area contributed by atoms with Crippen molar-refractivity contribution < 1.29 is 29.2 Å². The normalized spacial score (nSPS) is 23.9. The van der Waals surface area contributed by atoms with Gasteiger partial charge in [0.1, 0.15) is 24.6 Å². The molecule has 168 valence electrons. The van der Waals surface area contributed by atoms with Gasteiger partial charge in [0.05, 0.1) is 12.7 Å². The van der Waals surface area contributed by atoms with Gasteiger partial charge in [0, 0.05) is 24.3 Å². The summed E-state index contributed by atoms with van der Waals surface area (Å²) in [6.45, 7) is 9.85. The van der Waals surface area contributed by atoms with E-state index < -0.39 is 36.3 Å². The van der Waals surface area contributed by atoms with Crippen LogP contribution in [0.15, 0.2) is 17.6 Å². The van der Waals surface area contributed by atoms with Gasteiger partial charge in [-0.15, -0.1) is 0 Å². The first-order chi connectivity index (χ1) is 14.2. The molecule has 3 N–H and O–H groups in total. The second-order valence-electron chi connectivity index (χ2n) is 7.49. The summed E-state index contributed by atoms with van der Waals surface area (Å²) in [5, 5.41) is 22.5. The molecule has 2 unspecified atom stereocenters. The molecule has 1 aromatic rings. The first kappa shape index (κ1) is 24.0. The highest BCUT2D eigenvalue weighted by atomic mass is 16.6. The van der Waals surface area contributed by atoms with Crippen LogP contribution in [0.3, 0.4) is 0 Å². The van der Waals surface area contributed by atoms with Crippen LogP contribution in [0, 0.1) is 5.41 Å². The van der Waals surface area contributed by atoms with Gasteiger partial charge in [0.15, 0.2) is 6.23 Å². The van der Waals surface area contributed by atoms with Gasteiger partial charge < -0.3 is 24.4 Å². The summed E-state index contributed by atoms with van der Waals surface area (Å²) in [7, 11) is 1.60. The lowest BCUT2D eigenvalue weighted by Crippen LogP contribution is -2.36. The molecule has 2 rings (SSSR count). The molecule has 1 aliphatic rings. The molecule has 0 spiro atoms. The zero-order valence-corrected chi connectivity index (χ0v) is 17.8. The molecular formula is C20H31N3O7. The second-order valence-corrected chi connectivity index (χ2v) is 7.49. The maximum absolute atomic E-state index is 12.5. The van der Waals surface area contributed by atoms with Crippen LogP contribution in [0.4, 0.5) is 10.6 Å². The van der Waals surface area contributed by atoms with Crippen molar-refractivity contribution in [3.8, 4) is 0 Å². The molecule has 0 bridgehead atoms. The van der Waals surface area contributed by atoms with E-state index in [2.05, 4.69) is 16.9 Å². The largest absolute Gasteiger partial charge is 0.449 e. The zero-order chi connectivity index (χ0) is 22.5. The molecule has 10 heteroatoms. The fraction of sp³-hybridized carbons (Fsp3) is 0.650. The number of carbonyl (C=O) groups excluding carboxylic acids is 1. The predicted octanol–water partition coefficient (Wildman–Crippen LogP) is 1.53. The maximum atomic E-state index is 12.5. The van der Waals surface area contributed by atoms with Gasteiger partial charge in [0.25, 0.3) is 0 Å². The summed E-state index contributed by atoms with van der Waals surface area (Å²) in [5.74, 6) is -0.0253. The van der Waals surface area contributed by atoms with E-state index in [9.17, 15) is 19.8 Å². The van der Waals surface area contributed by atoms with Crippen LogP contribution in [-0.2, 0) is 14.2 Å². The van der Waals surface area contributed by atoms with Gasteiger partial charge >= 0.3 is 11.8 Å². The van der Waals surface area contributed by atoms with E-state index >= 15 is 0 Å². The van der Waals surface area contributed by atoms with Gasteiger partial charge in [-0.1, -0.05) is 26.5 Å². The molecule has 0 saturated carbocycles. The van der Waals surface area contributed by atoms with Crippen LogP contribution < -0.4 is 11.0 Å². The lowest BCUT2D eigenvalue weighted by atomic mass is 9.84. The number of hydrogen-bond acceptors (Lipinski definition) is 8. The smallest absolute Gasteiger partial charge is 0.412 e. The molecule has 10 nitrogen and oxygen atoms in total. The lowest BCUT2D eigenvalue weighted by molar-refractivity contribution is -0.0350. The summed E-state index contributed by atoms with van der Waals surface area (Å²) in [6, 6.07) is 0. The average Bonchev–Trinajstić information content (AvgIpc) is 2.98. The fourth-order valence-electron chi connectivity index (χ4n) is 3.33. The van der Waals surface area contributed by atoms with Gasteiger partial charge in [-0.3, -0.25) is 9.88 Å². The number of ether oxygens (including phenoxy) is 3. The monoisotopic (exact) mass is 425 g/mol. The summed E-state index contributed by atoms with van der Waals surface area (Å²) in [5.41, 5.74) is -0.736. The third-order valence-electron chi connectivity index (χ3n) is 5.63. The maximum Gasteiger partial charge on any atom is 0.412 e. The van der Waals surface area contributed by atoms with Crippen molar-refractivity contribution in [2.45, 2.75) is 58.2 Å². The van der Waals surface area contributed by atoms with Crippen molar-refractivity contribution in [3.63, 3.8) is 0 Å². The fourth-order valence-corrected chi connectivity index (χ4v) is 3.33. The number of carbonyl (C=O) groups is 1. The molecule has 1 fully saturated rings. The third-order valence-corrected chi connectivity index (χ3v) is 5.63. The summed E-state index contributed by atoms with van der Waals surface area (Å²) >= 11 is 0. The van der Waals surface area contributed by atoms with Gasteiger partial charge in [0.2, 0.25) is 0 Å². The van der Waals surface area contributed by atoms with Crippen molar-refractivity contribution in [3.05, 3.63) is 28.8 Å². The number of nitrogens with one attached hydrogen (secondary N) is 1. The Balaban J connectivity index is 2.17. The van der Waals surface area contributed by atoms with E-state index in [1.807, 2.05) is 13.8 Å². The molecule has 0 aromatic carbocycles. The minimum absolute atomic E-state index is 0.0253. The molecule has 1 aliphatic heterocycles. The number of aliphatic hydroxyl groups is 2. The number of rotatable bonds is 9. The van der Waals surface area contributed by atoms with E-state index in [0.717, 1.165) is 17.4 Å². The van der Waals surface area contributed by atoms with Crippen LogP contribution in [0.5, 0.6) is 0 Å². The number of methoxy groups -OCH3 is 1. The van der Waals surface area contributed by atoms with Gasteiger partial charge in [-0.05, 0) is 19.8 Å². The number of anilines is 1. The molecule has 1 aromatic heterocycles. The van der Waals surface area contributed by atoms with Crippen LogP contribution >= 0.6 is 0 Å². The first-order valence-corrected chi connectivity index (χ1v) is 9.91. The van der Waals surface area contributed by atoms with Crippen LogP contribution in [0.25, 0.3) is 6.08 Å². The average molecular weight is 425 g/mol. The Morgan fingerprint density at radius 1 is 1.37 bits per heavy atom. The second kappa shape index (κ2) is 10.2. The Hall–Kier alpha value is -2.27. The van der Waals surface area contributed by atoms with Crippen molar-refractivity contribution in [1.82, 2.24) is 9.55 Å². The Labute approximate surface area is 175 Å². The van der Waals surface area contributed by atoms with E-state index in [1.165, 1.54) is 12.3 Å². The van der Waals surface area contributed by atoms with Crippen LogP contribution in [-0.4, -0.2) is 64.5 Å². The highest BCUT2D eigenvalue weighted by Gasteiger charge is 2.42. The highest BCUT2D eigenvalue weighted by Crippen LogP contribution is 2.29. The Bertz CT molecular complexity index is 806. The Morgan fingerprint density at radius 2 is 2.03 bits per heavy atom. The minimum Gasteiger partial charge on any atom is -0.449 e. The predicted molar refractivity (Wildman–Crippen MR) is 110 cm³/mol. The molecule has 2 heterocycles. The topological polar surface area (TPSA) is 132 Å². The number of amides is 1. The number of aromatic nitrogens is 2.